The Morgan fingerprint density at radius 3 is 2.83 bits per heavy atom. The van der Waals surface area contributed by atoms with E-state index >= 15 is 0 Å². The lowest BCUT2D eigenvalue weighted by molar-refractivity contribution is 0.396. The number of aromatic nitrogens is 2. The van der Waals surface area contributed by atoms with Gasteiger partial charge >= 0.3 is 0 Å². The van der Waals surface area contributed by atoms with Gasteiger partial charge in [0.1, 0.15) is 0 Å². The molecule has 4 nitrogen and oxygen atoms in total. The van der Waals surface area contributed by atoms with Crippen LogP contribution in [0, 0.1) is 0 Å². The summed E-state index contributed by atoms with van der Waals surface area (Å²) in [6.07, 6.45) is 11.8. The van der Waals surface area contributed by atoms with Gasteiger partial charge in [-0.25, -0.2) is 4.98 Å². The number of nitrogens with zero attached hydrogens (tertiary/aromatic N) is 3. The normalized spacial score (nSPS) is 16.6. The van der Waals surface area contributed by atoms with Gasteiger partial charge in [-0.1, -0.05) is 12.8 Å². The third-order valence-electron chi connectivity index (χ3n) is 3.70. The van der Waals surface area contributed by atoms with Gasteiger partial charge in [0.15, 0.2) is 0 Å². The maximum Gasteiger partial charge on any atom is 0.203 e. The summed E-state index contributed by atoms with van der Waals surface area (Å²) in [6, 6.07) is 0.678. The van der Waals surface area contributed by atoms with Crippen LogP contribution in [0.4, 0.5) is 5.95 Å². The minimum atomic E-state index is 0.678. The Balaban J connectivity index is 1.74. The Hall–Kier alpha value is -1.03. The third kappa shape index (κ3) is 3.73. The van der Waals surface area contributed by atoms with Crippen molar-refractivity contribution in [1.82, 2.24) is 14.5 Å². The Morgan fingerprint density at radius 2 is 2.11 bits per heavy atom. The van der Waals surface area contributed by atoms with E-state index in [0.717, 1.165) is 12.5 Å². The molecule has 1 N–H and O–H groups in total. The van der Waals surface area contributed by atoms with Crippen LogP contribution in [-0.4, -0.2) is 41.6 Å². The average molecular weight is 250 g/mol. The lowest BCUT2D eigenvalue weighted by atomic mass is 10.2. The first-order chi connectivity index (χ1) is 8.77. The molecular weight excluding hydrogens is 224 g/mol. The van der Waals surface area contributed by atoms with Crippen LogP contribution in [0.25, 0.3) is 0 Å². The van der Waals surface area contributed by atoms with E-state index in [9.17, 15) is 0 Å². The molecule has 0 aromatic carbocycles. The molecule has 1 fully saturated rings. The maximum absolute atomic E-state index is 4.43. The van der Waals surface area contributed by atoms with Crippen LogP contribution in [-0.2, 0) is 0 Å². The summed E-state index contributed by atoms with van der Waals surface area (Å²) in [7, 11) is 4.25. The molecule has 0 amide bonds. The van der Waals surface area contributed by atoms with Gasteiger partial charge in [-0.15, -0.1) is 0 Å². The molecule has 0 spiro atoms. The molecule has 0 radical (unpaired) electrons. The van der Waals surface area contributed by atoms with Crippen LogP contribution in [0.2, 0.25) is 0 Å². The first-order valence-corrected chi connectivity index (χ1v) is 7.19. The van der Waals surface area contributed by atoms with Crippen LogP contribution >= 0.6 is 0 Å². The molecule has 102 valence electrons. The average Bonchev–Trinajstić information content (AvgIpc) is 2.97. The molecule has 0 aliphatic heterocycles. The van der Waals surface area contributed by atoms with Crippen LogP contribution in [0.5, 0.6) is 0 Å². The summed E-state index contributed by atoms with van der Waals surface area (Å²) in [5.41, 5.74) is 0. The van der Waals surface area contributed by atoms with Gasteiger partial charge in [0, 0.05) is 25.0 Å². The summed E-state index contributed by atoms with van der Waals surface area (Å²) in [5, 5.41) is 3.48. The number of imidazole rings is 1. The Labute approximate surface area is 110 Å². The molecule has 0 bridgehead atoms. The van der Waals surface area contributed by atoms with Crippen molar-refractivity contribution in [2.45, 2.75) is 44.6 Å². The zero-order chi connectivity index (χ0) is 12.8. The SMILES string of the molecule is CN(C)CCCCNc1nccn1C1CCCC1. The zero-order valence-electron chi connectivity index (χ0n) is 11.7. The molecule has 1 aliphatic rings. The molecule has 4 heteroatoms. The summed E-state index contributed by atoms with van der Waals surface area (Å²) in [5.74, 6) is 1.06. The minimum Gasteiger partial charge on any atom is -0.356 e. The number of anilines is 1. The van der Waals surface area contributed by atoms with E-state index in [0.29, 0.717) is 6.04 Å². The number of nitrogens with one attached hydrogen (secondary N) is 1. The highest BCUT2D eigenvalue weighted by Gasteiger charge is 2.18. The summed E-state index contributed by atoms with van der Waals surface area (Å²) >= 11 is 0. The molecule has 1 aliphatic carbocycles. The molecule has 0 atom stereocenters. The topological polar surface area (TPSA) is 33.1 Å². The highest BCUT2D eigenvalue weighted by atomic mass is 15.2. The van der Waals surface area contributed by atoms with E-state index in [2.05, 4.69) is 40.1 Å². The molecule has 0 saturated heterocycles. The quantitative estimate of drug-likeness (QED) is 0.755. The van der Waals surface area contributed by atoms with Crippen LogP contribution in [0.15, 0.2) is 12.4 Å². The predicted octanol–water partition coefficient (Wildman–Crippen LogP) is 2.75. The highest BCUT2D eigenvalue weighted by Crippen LogP contribution is 2.31. The molecule has 18 heavy (non-hydrogen) atoms. The second kappa shape index (κ2) is 6.78. The predicted molar refractivity (Wildman–Crippen MR) is 76.0 cm³/mol. The van der Waals surface area contributed by atoms with Crippen molar-refractivity contribution in [3.63, 3.8) is 0 Å². The van der Waals surface area contributed by atoms with Crippen LogP contribution in [0.1, 0.15) is 44.6 Å². The van der Waals surface area contributed by atoms with Crippen molar-refractivity contribution >= 4 is 5.95 Å². The Morgan fingerprint density at radius 1 is 1.33 bits per heavy atom. The third-order valence-corrected chi connectivity index (χ3v) is 3.70. The number of hydrogen-bond donors (Lipinski definition) is 1. The van der Waals surface area contributed by atoms with Crippen molar-refractivity contribution in [1.29, 1.82) is 0 Å². The lowest BCUT2D eigenvalue weighted by Gasteiger charge is -2.16. The molecule has 1 aromatic heterocycles. The highest BCUT2D eigenvalue weighted by molar-refractivity contribution is 5.26. The largest absolute Gasteiger partial charge is 0.356 e. The molecular formula is C14H26N4. The summed E-state index contributed by atoms with van der Waals surface area (Å²) in [6.45, 7) is 2.19. The molecule has 1 saturated carbocycles. The fraction of sp³-hybridized carbons (Fsp3) is 0.786. The Bertz CT molecular complexity index is 339. The van der Waals surface area contributed by atoms with Crippen molar-refractivity contribution in [2.75, 3.05) is 32.5 Å². The van der Waals surface area contributed by atoms with Gasteiger partial charge in [0.05, 0.1) is 0 Å². The smallest absolute Gasteiger partial charge is 0.203 e. The fourth-order valence-electron chi connectivity index (χ4n) is 2.68. The molecule has 0 unspecified atom stereocenters. The van der Waals surface area contributed by atoms with Gasteiger partial charge in [-0.05, 0) is 46.3 Å². The van der Waals surface area contributed by atoms with Gasteiger partial charge < -0.3 is 14.8 Å². The number of hydrogen-bond acceptors (Lipinski definition) is 3. The van der Waals surface area contributed by atoms with Crippen LogP contribution < -0.4 is 5.32 Å². The van der Waals surface area contributed by atoms with Crippen molar-refractivity contribution < 1.29 is 0 Å². The zero-order valence-corrected chi connectivity index (χ0v) is 11.7. The Kier molecular flexibility index (Phi) is 5.05. The van der Waals surface area contributed by atoms with Crippen molar-refractivity contribution in [2.24, 2.45) is 0 Å². The lowest BCUT2D eigenvalue weighted by Crippen LogP contribution is -2.15. The second-order valence-electron chi connectivity index (χ2n) is 5.53. The van der Waals surface area contributed by atoms with Gasteiger partial charge in [0.2, 0.25) is 5.95 Å². The standard InChI is InChI=1S/C14H26N4/c1-17(2)11-6-5-9-15-14-16-10-12-18(14)13-7-3-4-8-13/h10,12-13H,3-9,11H2,1-2H3,(H,15,16). The van der Waals surface area contributed by atoms with E-state index in [1.54, 1.807) is 0 Å². The number of unbranched alkanes of at least 4 members (excludes halogenated alkanes) is 1. The molecule has 1 heterocycles. The molecule has 2 rings (SSSR count). The van der Waals surface area contributed by atoms with Gasteiger partial charge in [-0.3, -0.25) is 0 Å². The first-order valence-electron chi connectivity index (χ1n) is 7.19. The van der Waals surface area contributed by atoms with Gasteiger partial charge in [-0.2, -0.15) is 0 Å². The van der Waals surface area contributed by atoms with Crippen molar-refractivity contribution in [3.8, 4) is 0 Å². The monoisotopic (exact) mass is 250 g/mol. The van der Waals surface area contributed by atoms with E-state index in [4.69, 9.17) is 0 Å². The minimum absolute atomic E-state index is 0.678. The van der Waals surface area contributed by atoms with E-state index in [-0.39, 0.29) is 0 Å². The number of rotatable bonds is 7. The van der Waals surface area contributed by atoms with E-state index < -0.39 is 0 Å². The van der Waals surface area contributed by atoms with Crippen molar-refractivity contribution in [3.05, 3.63) is 12.4 Å². The first kappa shape index (κ1) is 13.4. The van der Waals surface area contributed by atoms with E-state index in [1.165, 1.54) is 45.1 Å². The summed E-state index contributed by atoms with van der Waals surface area (Å²) < 4.78 is 2.33. The fourth-order valence-corrected chi connectivity index (χ4v) is 2.68. The molecule has 1 aromatic rings. The van der Waals surface area contributed by atoms with E-state index in [1.807, 2.05) is 6.20 Å². The summed E-state index contributed by atoms with van der Waals surface area (Å²) in [4.78, 5) is 6.67. The maximum atomic E-state index is 4.43. The second-order valence-corrected chi connectivity index (χ2v) is 5.53. The van der Waals surface area contributed by atoms with Crippen LogP contribution in [0.3, 0.4) is 0 Å². The van der Waals surface area contributed by atoms with Gasteiger partial charge in [0.25, 0.3) is 0 Å².